The highest BCUT2D eigenvalue weighted by Gasteiger charge is 2.11. The lowest BCUT2D eigenvalue weighted by molar-refractivity contribution is -0.159. The van der Waals surface area contributed by atoms with Crippen LogP contribution >= 0.6 is 0 Å². The average molecular weight is 239 g/mol. The summed E-state index contributed by atoms with van der Waals surface area (Å²) in [4.78, 5) is 18.2. The van der Waals surface area contributed by atoms with Crippen molar-refractivity contribution in [1.29, 1.82) is 0 Å². The zero-order valence-corrected chi connectivity index (χ0v) is 9.05. The number of fused-ring (bicyclic) bond motifs is 1. The molecule has 0 bridgehead atoms. The third kappa shape index (κ3) is 3.67. The van der Waals surface area contributed by atoms with Gasteiger partial charge in [0, 0.05) is 11.3 Å². The summed E-state index contributed by atoms with van der Waals surface area (Å²) < 4.78 is 5.42. The molecule has 0 aliphatic carbocycles. The van der Waals surface area contributed by atoms with E-state index in [9.17, 15) is 0 Å². The van der Waals surface area contributed by atoms with Crippen molar-refractivity contribution in [1.82, 2.24) is 0 Å². The minimum absolute atomic E-state index is 0.830. The van der Waals surface area contributed by atoms with Crippen LogP contribution in [0.15, 0.2) is 18.2 Å². The summed E-state index contributed by atoms with van der Waals surface area (Å²) in [6, 6.07) is 5.83. The molecule has 0 unspecified atom stereocenters. The Balaban J connectivity index is 0.000000209. The average Bonchev–Trinajstić information content (AvgIpc) is 2.30. The molecule has 0 saturated carbocycles. The number of carbonyl (C=O) groups is 2. The molecule has 2 rings (SSSR count). The minimum Gasteiger partial charge on any atom is -0.493 e. The van der Waals surface area contributed by atoms with Gasteiger partial charge in [-0.25, -0.2) is 9.59 Å². The van der Waals surface area contributed by atoms with Gasteiger partial charge in [-0.2, -0.15) is 0 Å². The number of anilines is 1. The number of nitrogen functional groups attached to an aromatic ring is 1. The van der Waals surface area contributed by atoms with Gasteiger partial charge in [0.25, 0.3) is 0 Å². The van der Waals surface area contributed by atoms with Gasteiger partial charge in [0.2, 0.25) is 0 Å². The fraction of sp³-hybridized carbons (Fsp3) is 0.273. The van der Waals surface area contributed by atoms with E-state index in [0.717, 1.165) is 30.9 Å². The van der Waals surface area contributed by atoms with Crippen molar-refractivity contribution in [2.75, 3.05) is 12.3 Å². The molecule has 0 amide bonds. The molecule has 0 saturated heterocycles. The fourth-order valence-corrected chi connectivity index (χ4v) is 1.42. The summed E-state index contributed by atoms with van der Waals surface area (Å²) in [5.41, 5.74) is 7.80. The van der Waals surface area contributed by atoms with Gasteiger partial charge in [0.05, 0.1) is 6.61 Å². The number of benzene rings is 1. The van der Waals surface area contributed by atoms with Crippen LogP contribution < -0.4 is 10.5 Å². The quantitative estimate of drug-likeness (QED) is 0.455. The molecule has 1 aromatic rings. The molecule has 0 aromatic heterocycles. The Hall–Kier alpha value is -2.24. The lowest BCUT2D eigenvalue weighted by Crippen LogP contribution is -2.09. The molecule has 92 valence electrons. The van der Waals surface area contributed by atoms with E-state index in [0.29, 0.717) is 0 Å². The van der Waals surface area contributed by atoms with Crippen LogP contribution in [0.5, 0.6) is 5.75 Å². The zero-order chi connectivity index (χ0) is 12.8. The van der Waals surface area contributed by atoms with Gasteiger partial charge in [-0.05, 0) is 25.0 Å². The maximum Gasteiger partial charge on any atom is 0.414 e. The topological polar surface area (TPSA) is 110 Å². The van der Waals surface area contributed by atoms with Crippen molar-refractivity contribution in [3.05, 3.63) is 23.8 Å². The van der Waals surface area contributed by atoms with Crippen molar-refractivity contribution < 1.29 is 24.5 Å². The first-order valence-electron chi connectivity index (χ1n) is 4.98. The molecule has 4 N–H and O–H groups in total. The Morgan fingerprint density at radius 1 is 1.24 bits per heavy atom. The second kappa shape index (κ2) is 5.74. The molecule has 1 aliphatic rings. The Morgan fingerprint density at radius 3 is 2.41 bits per heavy atom. The molecule has 1 heterocycles. The Morgan fingerprint density at radius 2 is 1.88 bits per heavy atom. The van der Waals surface area contributed by atoms with Crippen LogP contribution in [0, 0.1) is 0 Å². The first-order valence-corrected chi connectivity index (χ1v) is 4.98. The van der Waals surface area contributed by atoms with E-state index in [1.807, 2.05) is 18.2 Å². The predicted octanol–water partition coefficient (Wildman–Crippen LogP) is 0.749. The van der Waals surface area contributed by atoms with Crippen LogP contribution in [0.25, 0.3) is 0 Å². The molecular weight excluding hydrogens is 226 g/mol. The van der Waals surface area contributed by atoms with E-state index in [2.05, 4.69) is 0 Å². The zero-order valence-electron chi connectivity index (χ0n) is 9.05. The largest absolute Gasteiger partial charge is 0.493 e. The van der Waals surface area contributed by atoms with Crippen LogP contribution in [-0.4, -0.2) is 28.8 Å². The molecule has 0 spiro atoms. The SMILES string of the molecule is Nc1cccc2c1CCCO2.O=C(O)C(=O)O. The molecule has 0 atom stereocenters. The van der Waals surface area contributed by atoms with Crippen LogP contribution in [0.2, 0.25) is 0 Å². The summed E-state index contributed by atoms with van der Waals surface area (Å²) in [5, 5.41) is 14.8. The van der Waals surface area contributed by atoms with E-state index >= 15 is 0 Å². The molecule has 6 nitrogen and oxygen atoms in total. The van der Waals surface area contributed by atoms with E-state index < -0.39 is 11.9 Å². The Bertz CT molecular complexity index is 418. The highest BCUT2D eigenvalue weighted by atomic mass is 16.5. The third-order valence-electron chi connectivity index (χ3n) is 2.18. The van der Waals surface area contributed by atoms with Crippen LogP contribution in [0.3, 0.4) is 0 Å². The highest BCUT2D eigenvalue weighted by molar-refractivity contribution is 6.27. The molecule has 17 heavy (non-hydrogen) atoms. The summed E-state index contributed by atoms with van der Waals surface area (Å²) in [7, 11) is 0. The van der Waals surface area contributed by atoms with Crippen molar-refractivity contribution in [2.45, 2.75) is 12.8 Å². The van der Waals surface area contributed by atoms with Gasteiger partial charge in [0.1, 0.15) is 5.75 Å². The molecular formula is C11H13NO5. The van der Waals surface area contributed by atoms with Crippen molar-refractivity contribution in [3.63, 3.8) is 0 Å². The fourth-order valence-electron chi connectivity index (χ4n) is 1.42. The van der Waals surface area contributed by atoms with Crippen molar-refractivity contribution in [2.24, 2.45) is 0 Å². The Kier molecular flexibility index (Phi) is 4.33. The number of carboxylic acids is 2. The smallest absolute Gasteiger partial charge is 0.414 e. The lowest BCUT2D eigenvalue weighted by atomic mass is 10.0. The van der Waals surface area contributed by atoms with E-state index in [4.69, 9.17) is 30.3 Å². The standard InChI is InChI=1S/C9H11NO.C2H2O4/c10-8-4-1-5-9-7(8)3-2-6-11-9;3-1(4)2(5)6/h1,4-5H,2-3,6,10H2;(H,3,4)(H,5,6). The minimum atomic E-state index is -1.82. The molecule has 0 radical (unpaired) electrons. The van der Waals surface area contributed by atoms with E-state index in [-0.39, 0.29) is 0 Å². The van der Waals surface area contributed by atoms with Gasteiger partial charge in [0.15, 0.2) is 0 Å². The number of ether oxygens (including phenoxy) is 1. The molecule has 0 fully saturated rings. The normalized spacial score (nSPS) is 12.5. The first-order chi connectivity index (χ1) is 8.02. The molecule has 1 aliphatic heterocycles. The van der Waals surface area contributed by atoms with Crippen LogP contribution in [-0.2, 0) is 16.0 Å². The summed E-state index contributed by atoms with van der Waals surface area (Å²) in [6.07, 6.45) is 2.14. The third-order valence-corrected chi connectivity index (χ3v) is 2.18. The van der Waals surface area contributed by atoms with Gasteiger partial charge in [-0.15, -0.1) is 0 Å². The van der Waals surface area contributed by atoms with Crippen molar-refractivity contribution >= 4 is 17.6 Å². The van der Waals surface area contributed by atoms with Gasteiger partial charge in [-0.3, -0.25) is 0 Å². The summed E-state index contributed by atoms with van der Waals surface area (Å²) in [5.74, 6) is -2.68. The van der Waals surface area contributed by atoms with Gasteiger partial charge < -0.3 is 20.7 Å². The second-order valence-electron chi connectivity index (χ2n) is 3.39. The monoisotopic (exact) mass is 239 g/mol. The Labute approximate surface area is 97.6 Å². The van der Waals surface area contributed by atoms with Crippen LogP contribution in [0.1, 0.15) is 12.0 Å². The predicted molar refractivity (Wildman–Crippen MR) is 59.9 cm³/mol. The number of nitrogens with two attached hydrogens (primary N) is 1. The maximum absolute atomic E-state index is 9.10. The van der Waals surface area contributed by atoms with E-state index in [1.165, 1.54) is 5.56 Å². The second-order valence-corrected chi connectivity index (χ2v) is 3.39. The lowest BCUT2D eigenvalue weighted by Gasteiger charge is -2.17. The molecule has 6 heteroatoms. The van der Waals surface area contributed by atoms with Crippen LogP contribution in [0.4, 0.5) is 5.69 Å². The highest BCUT2D eigenvalue weighted by Crippen LogP contribution is 2.28. The van der Waals surface area contributed by atoms with Gasteiger partial charge in [-0.1, -0.05) is 6.07 Å². The first kappa shape index (κ1) is 12.8. The number of aliphatic carboxylic acids is 2. The number of carboxylic acid groups (broad SMARTS) is 2. The maximum atomic E-state index is 9.10. The summed E-state index contributed by atoms with van der Waals surface area (Å²) in [6.45, 7) is 0.830. The number of hydrogen-bond donors (Lipinski definition) is 3. The summed E-state index contributed by atoms with van der Waals surface area (Å²) >= 11 is 0. The van der Waals surface area contributed by atoms with Gasteiger partial charge >= 0.3 is 11.9 Å². The number of hydrogen-bond acceptors (Lipinski definition) is 4. The van der Waals surface area contributed by atoms with Crippen molar-refractivity contribution in [3.8, 4) is 5.75 Å². The molecule has 1 aromatic carbocycles. The number of rotatable bonds is 0. The van der Waals surface area contributed by atoms with E-state index in [1.54, 1.807) is 0 Å².